The summed E-state index contributed by atoms with van der Waals surface area (Å²) >= 11 is 1.68. The number of imide groups is 1. The molecule has 0 bridgehead atoms. The van der Waals surface area contributed by atoms with E-state index >= 15 is 0 Å². The van der Waals surface area contributed by atoms with E-state index in [1.165, 1.54) is 16.0 Å². The first-order valence-electron chi connectivity index (χ1n) is 9.63. The Morgan fingerprint density at radius 3 is 2.48 bits per heavy atom. The van der Waals surface area contributed by atoms with Crippen LogP contribution in [0.4, 0.5) is 4.79 Å². The van der Waals surface area contributed by atoms with E-state index in [-0.39, 0.29) is 30.6 Å². The van der Waals surface area contributed by atoms with Crippen LogP contribution in [-0.4, -0.2) is 24.5 Å². The zero-order valence-electron chi connectivity index (χ0n) is 15.9. The highest BCUT2D eigenvalue weighted by molar-refractivity contribution is 7.10. The highest BCUT2D eigenvalue weighted by Crippen LogP contribution is 2.25. The molecular weight excluding hydrogens is 358 g/mol. The Hall–Kier alpha value is -2.18. The number of amides is 3. The van der Waals surface area contributed by atoms with Gasteiger partial charge in [0.2, 0.25) is 0 Å². The van der Waals surface area contributed by atoms with E-state index in [0.29, 0.717) is 5.92 Å². The third-order valence-electron chi connectivity index (χ3n) is 5.03. The molecular formula is C21H28N3O2S+. The fourth-order valence-corrected chi connectivity index (χ4v) is 3.85. The summed E-state index contributed by atoms with van der Waals surface area (Å²) in [5, 5.41) is 9.23. The van der Waals surface area contributed by atoms with Crippen molar-refractivity contribution in [2.75, 3.05) is 6.54 Å². The van der Waals surface area contributed by atoms with Crippen molar-refractivity contribution >= 4 is 23.3 Å². The molecule has 0 radical (unpaired) electrons. The second-order valence-electron chi connectivity index (χ2n) is 7.20. The van der Waals surface area contributed by atoms with E-state index < -0.39 is 0 Å². The van der Waals surface area contributed by atoms with Crippen molar-refractivity contribution in [3.8, 4) is 0 Å². The van der Waals surface area contributed by atoms with Gasteiger partial charge in [0, 0.05) is 11.6 Å². The third-order valence-corrected chi connectivity index (χ3v) is 5.99. The van der Waals surface area contributed by atoms with Crippen LogP contribution in [0.5, 0.6) is 0 Å². The van der Waals surface area contributed by atoms with E-state index in [0.717, 1.165) is 19.3 Å². The first-order valence-corrected chi connectivity index (χ1v) is 10.5. The standard InChI is InChI=1S/C21H27N3O2S/c1-3-14(2)15-6-8-16(9-7-15)20(18-5-4-12-27-18)22-13-19(25)24-21(26)23-17-10-11-17/h4-9,12,14,17,20,22H,3,10-11,13H2,1-2H3,(H2,23,24,25,26)/p+1/t14-,20+/m0/s1. The number of hydrogen-bond donors (Lipinski definition) is 3. The van der Waals surface area contributed by atoms with Crippen LogP contribution in [-0.2, 0) is 4.79 Å². The van der Waals surface area contributed by atoms with Crippen molar-refractivity contribution in [1.82, 2.24) is 10.6 Å². The molecule has 2 aromatic rings. The zero-order chi connectivity index (χ0) is 19.2. The summed E-state index contributed by atoms with van der Waals surface area (Å²) in [4.78, 5) is 25.1. The zero-order valence-corrected chi connectivity index (χ0v) is 16.7. The van der Waals surface area contributed by atoms with Crippen LogP contribution in [0.1, 0.15) is 61.1 Å². The Labute approximate surface area is 164 Å². The summed E-state index contributed by atoms with van der Waals surface area (Å²) < 4.78 is 0. The maximum atomic E-state index is 12.1. The van der Waals surface area contributed by atoms with E-state index in [1.54, 1.807) is 11.3 Å². The molecule has 1 saturated carbocycles. The van der Waals surface area contributed by atoms with Crippen molar-refractivity contribution in [2.45, 2.75) is 51.1 Å². The summed E-state index contributed by atoms with van der Waals surface area (Å²) in [7, 11) is 0. The first-order chi connectivity index (χ1) is 13.1. The molecule has 1 aliphatic rings. The molecule has 1 fully saturated rings. The molecule has 3 rings (SSSR count). The van der Waals surface area contributed by atoms with Gasteiger partial charge in [-0.1, -0.05) is 44.2 Å². The molecule has 0 spiro atoms. The number of urea groups is 1. The summed E-state index contributed by atoms with van der Waals surface area (Å²) in [5.41, 5.74) is 2.50. The Kier molecular flexibility index (Phi) is 6.63. The summed E-state index contributed by atoms with van der Waals surface area (Å²) in [6.45, 7) is 4.63. The molecule has 5 nitrogen and oxygen atoms in total. The molecule has 4 N–H and O–H groups in total. The van der Waals surface area contributed by atoms with Gasteiger partial charge < -0.3 is 10.6 Å². The maximum Gasteiger partial charge on any atom is 0.321 e. The van der Waals surface area contributed by atoms with Crippen LogP contribution in [0.3, 0.4) is 0 Å². The fraction of sp³-hybridized carbons (Fsp3) is 0.429. The van der Waals surface area contributed by atoms with Gasteiger partial charge in [0.05, 0.1) is 4.88 Å². The minimum absolute atomic E-state index is 0.0493. The van der Waals surface area contributed by atoms with Crippen molar-refractivity contribution in [1.29, 1.82) is 0 Å². The highest BCUT2D eigenvalue weighted by atomic mass is 32.1. The molecule has 1 aliphatic carbocycles. The Balaban J connectivity index is 1.63. The predicted molar refractivity (Wildman–Crippen MR) is 108 cm³/mol. The van der Waals surface area contributed by atoms with Crippen molar-refractivity contribution in [2.24, 2.45) is 0 Å². The minimum atomic E-state index is -0.388. The third kappa shape index (κ3) is 5.65. The van der Waals surface area contributed by atoms with Crippen molar-refractivity contribution in [3.05, 3.63) is 57.8 Å². The molecule has 1 aromatic carbocycles. The largest absolute Gasteiger partial charge is 0.335 e. The van der Waals surface area contributed by atoms with Crippen LogP contribution in [0, 0.1) is 0 Å². The van der Waals surface area contributed by atoms with Gasteiger partial charge in [-0.05, 0) is 42.2 Å². The molecule has 0 saturated heterocycles. The van der Waals surface area contributed by atoms with E-state index in [9.17, 15) is 9.59 Å². The van der Waals surface area contributed by atoms with E-state index in [1.807, 2.05) is 16.8 Å². The van der Waals surface area contributed by atoms with Gasteiger partial charge in [0.25, 0.3) is 5.91 Å². The monoisotopic (exact) mass is 386 g/mol. The van der Waals surface area contributed by atoms with Crippen molar-refractivity contribution < 1.29 is 14.9 Å². The van der Waals surface area contributed by atoms with Gasteiger partial charge >= 0.3 is 6.03 Å². The molecule has 1 heterocycles. The molecule has 144 valence electrons. The molecule has 2 atom stereocenters. The minimum Gasteiger partial charge on any atom is -0.335 e. The molecule has 27 heavy (non-hydrogen) atoms. The number of hydrogen-bond acceptors (Lipinski definition) is 3. The maximum absolute atomic E-state index is 12.1. The number of rotatable bonds is 8. The lowest BCUT2D eigenvalue weighted by Gasteiger charge is -2.16. The first kappa shape index (κ1) is 19.6. The highest BCUT2D eigenvalue weighted by Gasteiger charge is 2.25. The average molecular weight is 387 g/mol. The Morgan fingerprint density at radius 2 is 1.89 bits per heavy atom. The van der Waals surface area contributed by atoms with E-state index in [2.05, 4.69) is 54.8 Å². The Morgan fingerprint density at radius 1 is 1.19 bits per heavy atom. The number of carbonyl (C=O) groups is 2. The smallest absolute Gasteiger partial charge is 0.321 e. The van der Waals surface area contributed by atoms with Crippen LogP contribution >= 0.6 is 11.3 Å². The number of quaternary nitrogens is 1. The summed E-state index contributed by atoms with van der Waals surface area (Å²) in [6.07, 6.45) is 3.12. The second-order valence-corrected chi connectivity index (χ2v) is 8.18. The summed E-state index contributed by atoms with van der Waals surface area (Å²) in [6, 6.07) is 12.7. The number of benzene rings is 1. The predicted octanol–water partition coefficient (Wildman–Crippen LogP) is 2.90. The second kappa shape index (κ2) is 9.15. The van der Waals surface area contributed by atoms with Crippen LogP contribution in [0.15, 0.2) is 41.8 Å². The topological polar surface area (TPSA) is 74.8 Å². The summed E-state index contributed by atoms with van der Waals surface area (Å²) in [5.74, 6) is 0.268. The molecule has 1 aromatic heterocycles. The van der Waals surface area contributed by atoms with Gasteiger partial charge in [0.1, 0.15) is 6.04 Å². The number of carbonyl (C=O) groups excluding carboxylic acids is 2. The van der Waals surface area contributed by atoms with Crippen molar-refractivity contribution in [3.63, 3.8) is 0 Å². The van der Waals surface area contributed by atoms with Crippen LogP contribution in [0.25, 0.3) is 0 Å². The SMILES string of the molecule is CC[C@H](C)c1ccc([C@@H]([NH2+]CC(=O)NC(=O)NC2CC2)c2cccs2)cc1. The number of nitrogens with one attached hydrogen (secondary N) is 2. The lowest BCUT2D eigenvalue weighted by molar-refractivity contribution is -0.676. The quantitative estimate of drug-likeness (QED) is 0.653. The molecule has 3 amide bonds. The van der Waals surface area contributed by atoms with Gasteiger partial charge in [-0.2, -0.15) is 0 Å². The Bertz CT molecular complexity index is 754. The average Bonchev–Trinajstić information content (AvgIpc) is 3.31. The fourth-order valence-electron chi connectivity index (χ4n) is 3.00. The molecule has 0 unspecified atom stereocenters. The lowest BCUT2D eigenvalue weighted by atomic mass is 9.95. The molecule has 6 heteroatoms. The normalized spacial score (nSPS) is 15.8. The number of nitrogens with two attached hydrogens (primary N) is 1. The molecule has 0 aliphatic heterocycles. The van der Waals surface area contributed by atoms with Gasteiger partial charge in [-0.15, -0.1) is 11.3 Å². The van der Waals surface area contributed by atoms with Gasteiger partial charge in [0.15, 0.2) is 6.54 Å². The van der Waals surface area contributed by atoms with Crippen LogP contribution < -0.4 is 16.0 Å². The lowest BCUT2D eigenvalue weighted by Crippen LogP contribution is -2.87. The van der Waals surface area contributed by atoms with Gasteiger partial charge in [-0.25, -0.2) is 4.79 Å². The van der Waals surface area contributed by atoms with Gasteiger partial charge in [-0.3, -0.25) is 10.1 Å². The van der Waals surface area contributed by atoms with E-state index in [4.69, 9.17) is 0 Å². The number of thiophene rings is 1. The van der Waals surface area contributed by atoms with Crippen LogP contribution in [0.2, 0.25) is 0 Å².